The molecular formula is C10H18N2OS. The van der Waals surface area contributed by atoms with Crippen LogP contribution in [0.5, 0.6) is 0 Å². The lowest BCUT2D eigenvalue weighted by Crippen LogP contribution is -2.45. The second-order valence-corrected chi connectivity index (χ2v) is 5.23. The quantitative estimate of drug-likeness (QED) is 0.748. The van der Waals surface area contributed by atoms with E-state index in [-0.39, 0.29) is 0 Å². The molecule has 3 nitrogen and oxygen atoms in total. The largest absolute Gasteiger partial charge is 0.335 e. The van der Waals surface area contributed by atoms with E-state index < -0.39 is 0 Å². The van der Waals surface area contributed by atoms with Crippen LogP contribution in [-0.4, -0.2) is 48.0 Å². The number of amides is 1. The highest BCUT2D eigenvalue weighted by Crippen LogP contribution is 2.33. The standard InChI is InChI=1S/C10H18N2OS/c1-11-6-10(13)12(8-2-3-8)9-4-5-14-7-9/h8-9,11H,2-7H2,1H3/t9-/m0/s1. The van der Waals surface area contributed by atoms with Crippen molar-refractivity contribution in [3.63, 3.8) is 0 Å². The number of carbonyl (C=O) groups is 1. The zero-order chi connectivity index (χ0) is 9.97. The molecule has 0 aromatic carbocycles. The van der Waals surface area contributed by atoms with Gasteiger partial charge in [-0.15, -0.1) is 0 Å². The number of likely N-dealkylation sites (N-methyl/N-ethyl adjacent to an activating group) is 1. The van der Waals surface area contributed by atoms with Gasteiger partial charge in [0, 0.05) is 17.8 Å². The first-order chi connectivity index (χ1) is 6.83. The summed E-state index contributed by atoms with van der Waals surface area (Å²) < 4.78 is 0. The average Bonchev–Trinajstić information content (AvgIpc) is 2.82. The van der Waals surface area contributed by atoms with Crippen LogP contribution in [-0.2, 0) is 4.79 Å². The lowest BCUT2D eigenvalue weighted by Gasteiger charge is -2.28. The Balaban J connectivity index is 1.95. The SMILES string of the molecule is CNCC(=O)N(C1CC1)[C@H]1CCSC1. The van der Waals surface area contributed by atoms with Crippen molar-refractivity contribution in [2.75, 3.05) is 25.1 Å². The van der Waals surface area contributed by atoms with Crippen molar-refractivity contribution in [3.8, 4) is 0 Å². The number of rotatable bonds is 4. The van der Waals surface area contributed by atoms with Crippen LogP contribution in [0.4, 0.5) is 0 Å². The third kappa shape index (κ3) is 2.23. The highest BCUT2D eigenvalue weighted by atomic mass is 32.2. The van der Waals surface area contributed by atoms with Gasteiger partial charge in [-0.3, -0.25) is 4.79 Å². The smallest absolute Gasteiger partial charge is 0.237 e. The van der Waals surface area contributed by atoms with E-state index in [4.69, 9.17) is 0 Å². The van der Waals surface area contributed by atoms with Gasteiger partial charge in [-0.25, -0.2) is 0 Å². The molecule has 1 saturated carbocycles. The van der Waals surface area contributed by atoms with E-state index in [0.29, 0.717) is 24.5 Å². The summed E-state index contributed by atoms with van der Waals surface area (Å²) in [5.41, 5.74) is 0. The van der Waals surface area contributed by atoms with Gasteiger partial charge in [-0.1, -0.05) is 0 Å². The summed E-state index contributed by atoms with van der Waals surface area (Å²) >= 11 is 1.98. The van der Waals surface area contributed by atoms with E-state index in [1.165, 1.54) is 25.0 Å². The van der Waals surface area contributed by atoms with Crippen molar-refractivity contribution < 1.29 is 4.79 Å². The Morgan fingerprint density at radius 1 is 1.43 bits per heavy atom. The molecule has 1 heterocycles. The molecule has 1 atom stereocenters. The van der Waals surface area contributed by atoms with Gasteiger partial charge in [-0.2, -0.15) is 11.8 Å². The van der Waals surface area contributed by atoms with Crippen molar-refractivity contribution in [1.82, 2.24) is 10.2 Å². The molecule has 0 aromatic rings. The Kier molecular flexibility index (Phi) is 3.34. The van der Waals surface area contributed by atoms with Crippen LogP contribution in [0.2, 0.25) is 0 Å². The average molecular weight is 214 g/mol. The highest BCUT2D eigenvalue weighted by Gasteiger charge is 2.37. The summed E-state index contributed by atoms with van der Waals surface area (Å²) in [5, 5.41) is 2.96. The summed E-state index contributed by atoms with van der Waals surface area (Å²) in [6.45, 7) is 0.498. The Labute approximate surface area is 89.6 Å². The molecule has 0 radical (unpaired) electrons. The van der Waals surface area contributed by atoms with Gasteiger partial charge >= 0.3 is 0 Å². The van der Waals surface area contributed by atoms with Crippen LogP contribution in [0.15, 0.2) is 0 Å². The third-order valence-corrected chi connectivity index (χ3v) is 4.00. The molecule has 0 spiro atoms. The lowest BCUT2D eigenvalue weighted by molar-refractivity contribution is -0.132. The normalized spacial score (nSPS) is 26.5. The fourth-order valence-corrected chi connectivity index (χ4v) is 3.25. The minimum Gasteiger partial charge on any atom is -0.335 e. The maximum Gasteiger partial charge on any atom is 0.237 e. The van der Waals surface area contributed by atoms with Crippen LogP contribution < -0.4 is 5.32 Å². The maximum atomic E-state index is 11.9. The molecule has 1 aliphatic carbocycles. The topological polar surface area (TPSA) is 32.3 Å². The van der Waals surface area contributed by atoms with Gasteiger partial charge in [-0.05, 0) is 32.1 Å². The summed E-state index contributed by atoms with van der Waals surface area (Å²) in [5.74, 6) is 2.66. The number of hydrogen-bond acceptors (Lipinski definition) is 3. The second kappa shape index (κ2) is 4.53. The van der Waals surface area contributed by atoms with E-state index in [1.54, 1.807) is 0 Å². The lowest BCUT2D eigenvalue weighted by atomic mass is 10.2. The Morgan fingerprint density at radius 2 is 2.21 bits per heavy atom. The second-order valence-electron chi connectivity index (χ2n) is 4.08. The monoisotopic (exact) mass is 214 g/mol. The van der Waals surface area contributed by atoms with Crippen molar-refractivity contribution in [2.45, 2.75) is 31.3 Å². The Hall–Kier alpha value is -0.220. The zero-order valence-electron chi connectivity index (χ0n) is 8.66. The van der Waals surface area contributed by atoms with Gasteiger partial charge in [0.2, 0.25) is 5.91 Å². The zero-order valence-corrected chi connectivity index (χ0v) is 9.48. The first kappa shape index (κ1) is 10.3. The predicted octanol–water partition coefficient (Wildman–Crippen LogP) is 0.702. The molecule has 1 N–H and O–H groups in total. The number of hydrogen-bond donors (Lipinski definition) is 1. The summed E-state index contributed by atoms with van der Waals surface area (Å²) in [7, 11) is 1.84. The van der Waals surface area contributed by atoms with Crippen molar-refractivity contribution >= 4 is 17.7 Å². The van der Waals surface area contributed by atoms with Gasteiger partial charge in [0.25, 0.3) is 0 Å². The molecule has 4 heteroatoms. The Bertz CT molecular complexity index is 212. The molecule has 1 saturated heterocycles. The van der Waals surface area contributed by atoms with Crippen LogP contribution >= 0.6 is 11.8 Å². The molecule has 2 fully saturated rings. The number of nitrogens with zero attached hydrogens (tertiary/aromatic N) is 1. The van der Waals surface area contributed by atoms with Crippen LogP contribution in [0, 0.1) is 0 Å². The molecule has 0 bridgehead atoms. The molecule has 14 heavy (non-hydrogen) atoms. The molecule has 0 unspecified atom stereocenters. The summed E-state index contributed by atoms with van der Waals surface area (Å²) in [6, 6.07) is 1.09. The molecule has 1 aliphatic heterocycles. The van der Waals surface area contributed by atoms with Crippen LogP contribution in [0.25, 0.3) is 0 Å². The molecule has 2 aliphatic rings. The van der Waals surface area contributed by atoms with Crippen molar-refractivity contribution in [2.24, 2.45) is 0 Å². The van der Waals surface area contributed by atoms with Gasteiger partial charge in [0.05, 0.1) is 6.54 Å². The van der Waals surface area contributed by atoms with Crippen LogP contribution in [0.1, 0.15) is 19.3 Å². The van der Waals surface area contributed by atoms with Gasteiger partial charge in [0.15, 0.2) is 0 Å². The van der Waals surface area contributed by atoms with Crippen molar-refractivity contribution in [3.05, 3.63) is 0 Å². The van der Waals surface area contributed by atoms with Gasteiger partial charge in [0.1, 0.15) is 0 Å². The number of carbonyl (C=O) groups excluding carboxylic acids is 1. The fourth-order valence-electron chi connectivity index (χ4n) is 2.04. The Morgan fingerprint density at radius 3 is 2.71 bits per heavy atom. The van der Waals surface area contributed by atoms with E-state index in [0.717, 1.165) is 5.75 Å². The minimum absolute atomic E-state index is 0.294. The minimum atomic E-state index is 0.294. The summed E-state index contributed by atoms with van der Waals surface area (Å²) in [4.78, 5) is 14.0. The van der Waals surface area contributed by atoms with Crippen molar-refractivity contribution in [1.29, 1.82) is 0 Å². The third-order valence-electron chi connectivity index (χ3n) is 2.86. The number of thioether (sulfide) groups is 1. The molecule has 2 rings (SSSR count). The fraction of sp³-hybridized carbons (Fsp3) is 0.900. The molecule has 80 valence electrons. The van der Waals surface area contributed by atoms with Crippen LogP contribution in [0.3, 0.4) is 0 Å². The molecule has 0 aromatic heterocycles. The highest BCUT2D eigenvalue weighted by molar-refractivity contribution is 7.99. The molecular weight excluding hydrogens is 196 g/mol. The van der Waals surface area contributed by atoms with E-state index in [9.17, 15) is 4.79 Å². The van der Waals surface area contributed by atoms with E-state index in [1.807, 2.05) is 18.8 Å². The van der Waals surface area contributed by atoms with Gasteiger partial charge < -0.3 is 10.2 Å². The number of nitrogens with one attached hydrogen (secondary N) is 1. The van der Waals surface area contributed by atoms with E-state index in [2.05, 4.69) is 10.2 Å². The summed E-state index contributed by atoms with van der Waals surface area (Å²) in [6.07, 6.45) is 3.63. The first-order valence-electron chi connectivity index (χ1n) is 5.36. The molecule has 1 amide bonds. The first-order valence-corrected chi connectivity index (χ1v) is 6.52. The van der Waals surface area contributed by atoms with E-state index >= 15 is 0 Å². The predicted molar refractivity (Wildman–Crippen MR) is 59.5 cm³/mol. The maximum absolute atomic E-state index is 11.9.